The van der Waals surface area contributed by atoms with Gasteiger partial charge in [-0.15, -0.1) is 11.6 Å². The van der Waals surface area contributed by atoms with Crippen LogP contribution in [0.1, 0.15) is 27.6 Å². The van der Waals surface area contributed by atoms with Gasteiger partial charge in [0.1, 0.15) is 6.10 Å². The summed E-state index contributed by atoms with van der Waals surface area (Å²) in [6, 6.07) is 18.1. The number of carbonyl (C=O) groups is 2. The number of hydrogen-bond donors (Lipinski definition) is 0. The highest BCUT2D eigenvalue weighted by atomic mass is 35.5. The normalized spacial score (nSPS) is 10.8. The number of alkyl halides is 1. The van der Waals surface area contributed by atoms with Crippen LogP contribution in [0, 0.1) is 0 Å². The molecular weight excluding hydrogens is 326 g/mol. The van der Waals surface area contributed by atoms with Gasteiger partial charge in [0.25, 0.3) is 5.91 Å². The molecule has 5 heteroatoms. The van der Waals surface area contributed by atoms with Crippen LogP contribution in [0.25, 0.3) is 0 Å². The van der Waals surface area contributed by atoms with E-state index in [4.69, 9.17) is 16.3 Å². The van der Waals surface area contributed by atoms with E-state index in [1.165, 1.54) is 0 Å². The molecule has 1 atom stereocenters. The van der Waals surface area contributed by atoms with Crippen LogP contribution in [-0.2, 0) is 4.74 Å². The van der Waals surface area contributed by atoms with E-state index in [-0.39, 0.29) is 18.0 Å². The first-order chi connectivity index (χ1) is 11.5. The minimum atomic E-state index is -0.325. The van der Waals surface area contributed by atoms with Crippen LogP contribution in [0.2, 0.25) is 0 Å². The number of nitrogens with zero attached hydrogens (tertiary/aromatic N) is 1. The third-order valence-electron chi connectivity index (χ3n) is 2.96. The van der Waals surface area contributed by atoms with Crippen molar-refractivity contribution in [2.75, 3.05) is 20.0 Å². The molecule has 0 saturated heterocycles. The maximum Gasteiger partial charge on any atom is 0.338 e. The molecule has 0 bridgehead atoms. The Morgan fingerprint density at radius 3 is 1.83 bits per heavy atom. The molecule has 2 aromatic rings. The minimum absolute atomic E-state index is 0.0469. The van der Waals surface area contributed by atoms with E-state index in [1.807, 2.05) is 36.4 Å². The molecule has 1 amide bonds. The molecule has 0 spiro atoms. The van der Waals surface area contributed by atoms with E-state index in [0.29, 0.717) is 11.4 Å². The van der Waals surface area contributed by atoms with Gasteiger partial charge in [0, 0.05) is 19.7 Å². The number of ether oxygens (including phenoxy) is 1. The number of esters is 1. The van der Waals surface area contributed by atoms with Gasteiger partial charge in [-0.3, -0.25) is 4.79 Å². The Bertz CT molecular complexity index is 630. The number of rotatable bonds is 4. The predicted octanol–water partition coefficient (Wildman–Crippen LogP) is 3.86. The molecule has 0 radical (unpaired) electrons. The van der Waals surface area contributed by atoms with E-state index >= 15 is 0 Å². The second-order valence-electron chi connectivity index (χ2n) is 5.30. The van der Waals surface area contributed by atoms with E-state index in [2.05, 4.69) is 0 Å². The van der Waals surface area contributed by atoms with Gasteiger partial charge in [-0.2, -0.15) is 0 Å². The maximum atomic E-state index is 11.3. The Balaban J connectivity index is 0.000000243. The lowest BCUT2D eigenvalue weighted by Gasteiger charge is -2.09. The van der Waals surface area contributed by atoms with Crippen molar-refractivity contribution in [2.24, 2.45) is 0 Å². The zero-order chi connectivity index (χ0) is 17.9. The first-order valence-corrected chi connectivity index (χ1v) is 8.07. The maximum absolute atomic E-state index is 11.3. The number of carbonyl (C=O) groups excluding carboxylic acids is 2. The fourth-order valence-electron chi connectivity index (χ4n) is 1.70. The molecule has 0 aliphatic carbocycles. The Kier molecular flexibility index (Phi) is 8.58. The molecule has 0 fully saturated rings. The summed E-state index contributed by atoms with van der Waals surface area (Å²) >= 11 is 5.51. The van der Waals surface area contributed by atoms with Crippen LogP contribution in [-0.4, -0.2) is 42.9 Å². The summed E-state index contributed by atoms with van der Waals surface area (Å²) in [5, 5.41) is 0. The van der Waals surface area contributed by atoms with E-state index in [9.17, 15) is 9.59 Å². The van der Waals surface area contributed by atoms with Gasteiger partial charge in [-0.1, -0.05) is 36.4 Å². The molecule has 0 aliphatic heterocycles. The monoisotopic (exact) mass is 347 g/mol. The van der Waals surface area contributed by atoms with Gasteiger partial charge < -0.3 is 9.64 Å². The number of amides is 1. The standard InChI is InChI=1S/C10H11ClO2.C9H11NO/c1-8(7-11)13-10(12)9-5-3-2-4-6-9;1-10(2)9(11)8-6-4-3-5-7-8/h2-6,8H,7H2,1H3;3-7H,1-2H3/t8-;/m1./s1. The Morgan fingerprint density at radius 2 is 1.42 bits per heavy atom. The first-order valence-electron chi connectivity index (χ1n) is 7.54. The summed E-state index contributed by atoms with van der Waals surface area (Å²) in [5.74, 6) is 0.0396. The van der Waals surface area contributed by atoms with Gasteiger partial charge in [-0.05, 0) is 31.2 Å². The summed E-state index contributed by atoms with van der Waals surface area (Å²) in [4.78, 5) is 24.2. The van der Waals surface area contributed by atoms with Crippen LogP contribution < -0.4 is 0 Å². The van der Waals surface area contributed by atoms with E-state index in [0.717, 1.165) is 5.56 Å². The van der Waals surface area contributed by atoms with Crippen molar-refractivity contribution in [3.63, 3.8) is 0 Å². The van der Waals surface area contributed by atoms with Gasteiger partial charge in [0.15, 0.2) is 0 Å². The van der Waals surface area contributed by atoms with Crippen molar-refractivity contribution in [1.82, 2.24) is 4.90 Å². The SMILES string of the molecule is CN(C)C(=O)c1ccccc1.C[C@H](CCl)OC(=O)c1ccccc1. The van der Waals surface area contributed by atoms with Gasteiger partial charge in [-0.25, -0.2) is 4.79 Å². The van der Waals surface area contributed by atoms with Gasteiger partial charge >= 0.3 is 5.97 Å². The number of benzene rings is 2. The van der Waals surface area contributed by atoms with Crippen LogP contribution in [0.4, 0.5) is 0 Å². The Morgan fingerprint density at radius 1 is 0.958 bits per heavy atom. The van der Waals surface area contributed by atoms with Crippen LogP contribution in [0.5, 0.6) is 0 Å². The second-order valence-corrected chi connectivity index (χ2v) is 5.61. The molecule has 2 aromatic carbocycles. The van der Waals surface area contributed by atoms with Crippen molar-refractivity contribution in [1.29, 1.82) is 0 Å². The highest BCUT2D eigenvalue weighted by Crippen LogP contribution is 2.04. The minimum Gasteiger partial charge on any atom is -0.458 e. The van der Waals surface area contributed by atoms with Crippen molar-refractivity contribution in [3.05, 3.63) is 71.8 Å². The fraction of sp³-hybridized carbons (Fsp3) is 0.263. The van der Waals surface area contributed by atoms with E-state index in [1.54, 1.807) is 50.2 Å². The lowest BCUT2D eigenvalue weighted by molar-refractivity contribution is 0.0383. The lowest BCUT2D eigenvalue weighted by Crippen LogP contribution is -2.21. The van der Waals surface area contributed by atoms with Crippen molar-refractivity contribution in [3.8, 4) is 0 Å². The van der Waals surface area contributed by atoms with Crippen LogP contribution in [0.15, 0.2) is 60.7 Å². The number of hydrogen-bond acceptors (Lipinski definition) is 3. The zero-order valence-electron chi connectivity index (χ0n) is 14.1. The zero-order valence-corrected chi connectivity index (χ0v) is 14.9. The third kappa shape index (κ3) is 6.84. The summed E-state index contributed by atoms with van der Waals surface area (Å²) < 4.78 is 5.01. The molecule has 0 N–H and O–H groups in total. The molecule has 0 aliphatic rings. The number of halogens is 1. The highest BCUT2D eigenvalue weighted by molar-refractivity contribution is 6.18. The van der Waals surface area contributed by atoms with E-state index < -0.39 is 0 Å². The average molecular weight is 348 g/mol. The molecule has 128 valence electrons. The molecule has 0 aromatic heterocycles. The predicted molar refractivity (Wildman–Crippen MR) is 96.5 cm³/mol. The highest BCUT2D eigenvalue weighted by Gasteiger charge is 2.09. The largest absolute Gasteiger partial charge is 0.458 e. The lowest BCUT2D eigenvalue weighted by atomic mass is 10.2. The third-order valence-corrected chi connectivity index (χ3v) is 3.40. The fourth-order valence-corrected chi connectivity index (χ4v) is 1.76. The second kappa shape index (κ2) is 10.4. The summed E-state index contributed by atoms with van der Waals surface area (Å²) in [7, 11) is 3.49. The van der Waals surface area contributed by atoms with Crippen molar-refractivity contribution in [2.45, 2.75) is 13.0 Å². The Labute approximate surface area is 148 Å². The Hall–Kier alpha value is -2.33. The molecule has 2 rings (SSSR count). The molecular formula is C19H22ClNO3. The smallest absolute Gasteiger partial charge is 0.338 e. The molecule has 4 nitrogen and oxygen atoms in total. The molecule has 0 unspecified atom stereocenters. The molecule has 24 heavy (non-hydrogen) atoms. The topological polar surface area (TPSA) is 46.6 Å². The average Bonchev–Trinajstić information content (AvgIpc) is 2.62. The van der Waals surface area contributed by atoms with Crippen molar-refractivity contribution < 1.29 is 14.3 Å². The summed E-state index contributed by atoms with van der Waals surface area (Å²) in [5.41, 5.74) is 1.29. The van der Waals surface area contributed by atoms with Crippen LogP contribution >= 0.6 is 11.6 Å². The van der Waals surface area contributed by atoms with Crippen molar-refractivity contribution >= 4 is 23.5 Å². The summed E-state index contributed by atoms with van der Waals surface area (Å²) in [6.07, 6.45) is -0.241. The quantitative estimate of drug-likeness (QED) is 0.623. The van der Waals surface area contributed by atoms with Gasteiger partial charge in [0.2, 0.25) is 0 Å². The summed E-state index contributed by atoms with van der Waals surface area (Å²) in [6.45, 7) is 1.76. The van der Waals surface area contributed by atoms with Gasteiger partial charge in [0.05, 0.1) is 11.4 Å². The molecule has 0 heterocycles. The molecule has 0 saturated carbocycles. The van der Waals surface area contributed by atoms with Crippen LogP contribution in [0.3, 0.4) is 0 Å². The first kappa shape index (κ1) is 19.7.